The second-order valence-electron chi connectivity index (χ2n) is 2.68. The van der Waals surface area contributed by atoms with Gasteiger partial charge in [0.15, 0.2) is 0 Å². The zero-order valence-corrected chi connectivity index (χ0v) is 9.99. The largest absolute Gasteiger partial charge is 0.387 e. The van der Waals surface area contributed by atoms with Crippen molar-refractivity contribution < 1.29 is 0 Å². The highest BCUT2D eigenvalue weighted by atomic mass is 79.9. The van der Waals surface area contributed by atoms with Crippen LogP contribution >= 0.6 is 27.3 Å². The fraction of sp³-hybridized carbons (Fsp3) is 0.444. The van der Waals surface area contributed by atoms with Gasteiger partial charge in [0, 0.05) is 24.3 Å². The maximum Gasteiger partial charge on any atom is 0.0934 e. The molecule has 2 nitrogen and oxygen atoms in total. The van der Waals surface area contributed by atoms with Crippen LogP contribution in [0.5, 0.6) is 0 Å². The third-order valence-corrected chi connectivity index (χ3v) is 3.35. The average Bonchev–Trinajstić information content (AvgIpc) is 2.51. The SMILES string of the molecule is CCC(N)=NCCc1ccc(Br)s1. The molecule has 0 fully saturated rings. The maximum absolute atomic E-state index is 5.59. The van der Waals surface area contributed by atoms with Crippen molar-refractivity contribution in [2.24, 2.45) is 10.7 Å². The topological polar surface area (TPSA) is 38.4 Å². The summed E-state index contributed by atoms with van der Waals surface area (Å²) in [6.07, 6.45) is 1.82. The molecular weight excluding hydrogens is 248 g/mol. The molecule has 0 atom stereocenters. The summed E-state index contributed by atoms with van der Waals surface area (Å²) >= 11 is 5.18. The number of amidine groups is 1. The van der Waals surface area contributed by atoms with Crippen LogP contribution in [0.2, 0.25) is 0 Å². The summed E-state index contributed by atoms with van der Waals surface area (Å²) in [5.41, 5.74) is 5.59. The van der Waals surface area contributed by atoms with Crippen LogP contribution in [0.1, 0.15) is 18.2 Å². The Kier molecular flexibility index (Phi) is 4.45. The number of thiophene rings is 1. The molecule has 0 amide bonds. The fourth-order valence-electron chi connectivity index (χ4n) is 0.908. The highest BCUT2D eigenvalue weighted by Gasteiger charge is 1.96. The van der Waals surface area contributed by atoms with Gasteiger partial charge in [0.1, 0.15) is 0 Å². The summed E-state index contributed by atoms with van der Waals surface area (Å²) in [6, 6.07) is 4.18. The lowest BCUT2D eigenvalue weighted by Crippen LogP contribution is -2.10. The molecule has 2 N–H and O–H groups in total. The van der Waals surface area contributed by atoms with Crippen LogP contribution in [0.25, 0.3) is 0 Å². The van der Waals surface area contributed by atoms with Gasteiger partial charge in [-0.2, -0.15) is 0 Å². The highest BCUT2D eigenvalue weighted by molar-refractivity contribution is 9.11. The average molecular weight is 261 g/mol. The van der Waals surface area contributed by atoms with Gasteiger partial charge in [0.05, 0.1) is 9.62 Å². The molecule has 13 heavy (non-hydrogen) atoms. The summed E-state index contributed by atoms with van der Waals surface area (Å²) in [5.74, 6) is 0.746. The standard InChI is InChI=1S/C9H13BrN2S/c1-2-9(11)12-6-5-7-3-4-8(10)13-7/h3-4H,2,5-6H2,1H3,(H2,11,12). The Hall–Kier alpha value is -0.350. The van der Waals surface area contributed by atoms with Gasteiger partial charge in [-0.1, -0.05) is 6.92 Å². The van der Waals surface area contributed by atoms with Crippen molar-refractivity contribution in [2.45, 2.75) is 19.8 Å². The summed E-state index contributed by atoms with van der Waals surface area (Å²) in [4.78, 5) is 5.58. The van der Waals surface area contributed by atoms with E-state index in [9.17, 15) is 0 Å². The predicted octanol–water partition coefficient (Wildman–Crippen LogP) is 2.82. The van der Waals surface area contributed by atoms with E-state index >= 15 is 0 Å². The number of halogens is 1. The van der Waals surface area contributed by atoms with Crippen LogP contribution in [0.4, 0.5) is 0 Å². The van der Waals surface area contributed by atoms with Gasteiger partial charge in [-0.25, -0.2) is 0 Å². The third-order valence-electron chi connectivity index (χ3n) is 1.66. The second-order valence-corrected chi connectivity index (χ2v) is 5.23. The van der Waals surface area contributed by atoms with Crippen LogP contribution < -0.4 is 5.73 Å². The van der Waals surface area contributed by atoms with Crippen molar-refractivity contribution in [2.75, 3.05) is 6.54 Å². The van der Waals surface area contributed by atoms with Crippen LogP contribution in [0, 0.1) is 0 Å². The van der Waals surface area contributed by atoms with E-state index in [2.05, 4.69) is 33.1 Å². The minimum atomic E-state index is 0.746. The van der Waals surface area contributed by atoms with Gasteiger partial charge in [0.2, 0.25) is 0 Å². The third kappa shape index (κ3) is 3.91. The van der Waals surface area contributed by atoms with Gasteiger partial charge in [0.25, 0.3) is 0 Å². The maximum atomic E-state index is 5.59. The van der Waals surface area contributed by atoms with Crippen molar-refractivity contribution >= 4 is 33.1 Å². The van der Waals surface area contributed by atoms with Gasteiger partial charge in [-0.05, 0) is 28.1 Å². The first kappa shape index (κ1) is 10.7. The van der Waals surface area contributed by atoms with E-state index < -0.39 is 0 Å². The monoisotopic (exact) mass is 260 g/mol. The Morgan fingerprint density at radius 1 is 1.62 bits per heavy atom. The van der Waals surface area contributed by atoms with Crippen LogP contribution in [-0.4, -0.2) is 12.4 Å². The first-order valence-corrected chi connectivity index (χ1v) is 5.86. The van der Waals surface area contributed by atoms with Crippen molar-refractivity contribution in [1.29, 1.82) is 0 Å². The molecule has 4 heteroatoms. The fourth-order valence-corrected chi connectivity index (χ4v) is 2.38. The molecule has 1 heterocycles. The summed E-state index contributed by atoms with van der Waals surface area (Å²) in [7, 11) is 0. The van der Waals surface area contributed by atoms with Gasteiger partial charge in [-0.15, -0.1) is 11.3 Å². The molecule has 72 valence electrons. The van der Waals surface area contributed by atoms with Gasteiger partial charge >= 0.3 is 0 Å². The number of hydrogen-bond acceptors (Lipinski definition) is 2. The molecule has 0 unspecified atom stereocenters. The van der Waals surface area contributed by atoms with Crippen LogP contribution in [0.3, 0.4) is 0 Å². The van der Waals surface area contributed by atoms with Gasteiger partial charge < -0.3 is 5.73 Å². The van der Waals surface area contributed by atoms with E-state index in [-0.39, 0.29) is 0 Å². The molecule has 0 saturated heterocycles. The number of nitrogens with zero attached hydrogens (tertiary/aromatic N) is 1. The Bertz CT molecular complexity index is 294. The first-order valence-electron chi connectivity index (χ1n) is 4.25. The molecule has 0 bridgehead atoms. The van der Waals surface area contributed by atoms with E-state index in [1.165, 1.54) is 8.66 Å². The Morgan fingerprint density at radius 3 is 2.92 bits per heavy atom. The number of hydrogen-bond donors (Lipinski definition) is 1. The Labute approximate surface area is 91.0 Å². The minimum absolute atomic E-state index is 0.746. The Balaban J connectivity index is 2.35. The number of nitrogens with two attached hydrogens (primary N) is 1. The van der Waals surface area contributed by atoms with E-state index in [4.69, 9.17) is 5.73 Å². The molecule has 0 aliphatic carbocycles. The van der Waals surface area contributed by atoms with Gasteiger partial charge in [-0.3, -0.25) is 4.99 Å². The molecule has 1 rings (SSSR count). The smallest absolute Gasteiger partial charge is 0.0934 e. The van der Waals surface area contributed by atoms with E-state index in [1.54, 1.807) is 11.3 Å². The molecular formula is C9H13BrN2S. The molecule has 0 aliphatic rings. The predicted molar refractivity (Wildman–Crippen MR) is 62.5 cm³/mol. The zero-order valence-electron chi connectivity index (χ0n) is 7.59. The normalized spacial score (nSPS) is 12.0. The number of rotatable bonds is 4. The summed E-state index contributed by atoms with van der Waals surface area (Å²) in [5, 5.41) is 0. The van der Waals surface area contributed by atoms with Crippen LogP contribution in [-0.2, 0) is 6.42 Å². The highest BCUT2D eigenvalue weighted by Crippen LogP contribution is 2.22. The number of aliphatic imine (C=N–C) groups is 1. The lowest BCUT2D eigenvalue weighted by atomic mass is 10.3. The van der Waals surface area contributed by atoms with E-state index in [0.29, 0.717) is 0 Å². The minimum Gasteiger partial charge on any atom is -0.387 e. The molecule has 0 saturated carbocycles. The summed E-state index contributed by atoms with van der Waals surface area (Å²) < 4.78 is 1.18. The molecule has 0 spiro atoms. The lowest BCUT2D eigenvalue weighted by molar-refractivity contribution is 0.973. The van der Waals surface area contributed by atoms with E-state index in [1.807, 2.05) is 6.92 Å². The van der Waals surface area contributed by atoms with Crippen molar-refractivity contribution in [3.05, 3.63) is 20.8 Å². The quantitative estimate of drug-likeness (QED) is 0.657. The molecule has 0 radical (unpaired) electrons. The van der Waals surface area contributed by atoms with Crippen LogP contribution in [0.15, 0.2) is 20.9 Å². The Morgan fingerprint density at radius 2 is 2.38 bits per heavy atom. The second kappa shape index (κ2) is 5.40. The van der Waals surface area contributed by atoms with Crippen molar-refractivity contribution in [3.63, 3.8) is 0 Å². The molecule has 0 aliphatic heterocycles. The van der Waals surface area contributed by atoms with E-state index in [0.717, 1.165) is 25.2 Å². The first-order chi connectivity index (χ1) is 6.22. The van der Waals surface area contributed by atoms with Crippen molar-refractivity contribution in [1.82, 2.24) is 0 Å². The summed E-state index contributed by atoms with van der Waals surface area (Å²) in [6.45, 7) is 2.81. The molecule has 1 aromatic rings. The molecule has 0 aromatic carbocycles. The molecule has 1 aromatic heterocycles. The zero-order chi connectivity index (χ0) is 9.68. The van der Waals surface area contributed by atoms with Crippen molar-refractivity contribution in [3.8, 4) is 0 Å². The lowest BCUT2D eigenvalue weighted by Gasteiger charge is -1.95.